The minimum atomic E-state index is 0.157. The van der Waals surface area contributed by atoms with Crippen molar-refractivity contribution in [2.24, 2.45) is 5.73 Å². The van der Waals surface area contributed by atoms with Gasteiger partial charge in [-0.25, -0.2) is 0 Å². The zero-order chi connectivity index (χ0) is 14.0. The van der Waals surface area contributed by atoms with Crippen LogP contribution in [0.25, 0.3) is 0 Å². The normalized spacial score (nSPS) is 16.8. The molecule has 0 radical (unpaired) electrons. The Kier molecular flexibility index (Phi) is 9.70. The van der Waals surface area contributed by atoms with Crippen LogP contribution in [0.5, 0.6) is 0 Å². The number of ether oxygens (including phenoxy) is 1. The van der Waals surface area contributed by atoms with Gasteiger partial charge in [0.2, 0.25) is 0 Å². The molecule has 0 fully saturated rings. The third kappa shape index (κ3) is 4.87. The van der Waals surface area contributed by atoms with E-state index in [0.29, 0.717) is 6.04 Å². The third-order valence-electron chi connectivity index (χ3n) is 4.30. The first-order valence-corrected chi connectivity index (χ1v) is 7.57. The molecule has 0 heterocycles. The number of unbranched alkanes of at least 4 members (excludes halogenated alkanes) is 1. The van der Waals surface area contributed by atoms with E-state index in [2.05, 4.69) is 32.6 Å². The molecule has 0 aliphatic heterocycles. The minimum Gasteiger partial charge on any atom is -0.383 e. The largest absolute Gasteiger partial charge is 0.383 e. The molecule has 2 unspecified atom stereocenters. The fourth-order valence-electron chi connectivity index (χ4n) is 2.73. The van der Waals surface area contributed by atoms with Gasteiger partial charge in [-0.15, -0.1) is 0 Å². The van der Waals surface area contributed by atoms with Crippen molar-refractivity contribution in [3.8, 4) is 0 Å². The molecular weight excluding hydrogens is 224 g/mol. The summed E-state index contributed by atoms with van der Waals surface area (Å²) < 4.78 is 5.27. The summed E-state index contributed by atoms with van der Waals surface area (Å²) >= 11 is 0. The Hall–Kier alpha value is -0.120. The smallest absolute Gasteiger partial charge is 0.0590 e. The minimum absolute atomic E-state index is 0.157. The summed E-state index contributed by atoms with van der Waals surface area (Å²) in [6, 6.07) is 0.570. The first kappa shape index (κ1) is 17.9. The molecule has 0 aromatic rings. The standard InChI is InChI=1S/C15H34N2O/c1-6-9-10-15(8-3,13-16)17(11-12-18-5)14(4)7-2/h14H,6-13,16H2,1-5H3. The van der Waals surface area contributed by atoms with E-state index in [9.17, 15) is 0 Å². The van der Waals surface area contributed by atoms with Crippen LogP contribution >= 0.6 is 0 Å². The van der Waals surface area contributed by atoms with Crippen molar-refractivity contribution in [1.82, 2.24) is 4.90 Å². The third-order valence-corrected chi connectivity index (χ3v) is 4.30. The molecule has 0 aliphatic carbocycles. The number of hydrogen-bond acceptors (Lipinski definition) is 3. The highest BCUT2D eigenvalue weighted by Crippen LogP contribution is 2.28. The quantitative estimate of drug-likeness (QED) is 0.619. The molecule has 2 atom stereocenters. The monoisotopic (exact) mass is 258 g/mol. The topological polar surface area (TPSA) is 38.5 Å². The molecule has 18 heavy (non-hydrogen) atoms. The van der Waals surface area contributed by atoms with Crippen molar-refractivity contribution in [2.75, 3.05) is 26.8 Å². The van der Waals surface area contributed by atoms with Crippen LogP contribution in [-0.2, 0) is 4.74 Å². The predicted molar refractivity (Wildman–Crippen MR) is 79.9 cm³/mol. The average molecular weight is 258 g/mol. The summed E-state index contributed by atoms with van der Waals surface area (Å²) in [5, 5.41) is 0. The Morgan fingerprint density at radius 3 is 2.33 bits per heavy atom. The maximum atomic E-state index is 6.14. The molecule has 110 valence electrons. The van der Waals surface area contributed by atoms with Gasteiger partial charge in [0.1, 0.15) is 0 Å². The summed E-state index contributed by atoms with van der Waals surface area (Å²) in [7, 11) is 1.77. The molecule has 0 bridgehead atoms. The van der Waals surface area contributed by atoms with Crippen molar-refractivity contribution >= 4 is 0 Å². The molecule has 0 saturated carbocycles. The van der Waals surface area contributed by atoms with E-state index >= 15 is 0 Å². The van der Waals surface area contributed by atoms with Crippen molar-refractivity contribution < 1.29 is 4.74 Å². The van der Waals surface area contributed by atoms with Crippen LogP contribution in [0, 0.1) is 0 Å². The number of rotatable bonds is 11. The van der Waals surface area contributed by atoms with Crippen LogP contribution in [0.2, 0.25) is 0 Å². The predicted octanol–water partition coefficient (Wildman–Crippen LogP) is 3.03. The van der Waals surface area contributed by atoms with Crippen LogP contribution < -0.4 is 5.73 Å². The number of methoxy groups -OCH3 is 1. The molecule has 0 amide bonds. The van der Waals surface area contributed by atoms with Gasteiger partial charge in [0.15, 0.2) is 0 Å². The van der Waals surface area contributed by atoms with Crippen molar-refractivity contribution in [2.45, 2.75) is 71.4 Å². The van der Waals surface area contributed by atoms with Crippen LogP contribution in [0.1, 0.15) is 59.8 Å². The fraction of sp³-hybridized carbons (Fsp3) is 1.00. The number of hydrogen-bond donors (Lipinski definition) is 1. The highest BCUT2D eigenvalue weighted by molar-refractivity contribution is 4.92. The van der Waals surface area contributed by atoms with Crippen molar-refractivity contribution in [3.05, 3.63) is 0 Å². The Balaban J connectivity index is 4.92. The van der Waals surface area contributed by atoms with E-state index in [0.717, 1.165) is 32.5 Å². The molecular formula is C15H34N2O. The first-order chi connectivity index (χ1) is 8.61. The lowest BCUT2D eigenvalue weighted by molar-refractivity contribution is 0.0173. The van der Waals surface area contributed by atoms with Gasteiger partial charge in [-0.05, 0) is 26.2 Å². The molecule has 0 aliphatic rings. The van der Waals surface area contributed by atoms with E-state index in [4.69, 9.17) is 10.5 Å². The Bertz CT molecular complexity index is 193. The molecule has 0 rings (SSSR count). The van der Waals surface area contributed by atoms with E-state index in [1.807, 2.05) is 0 Å². The number of nitrogens with zero attached hydrogens (tertiary/aromatic N) is 1. The van der Waals surface area contributed by atoms with Gasteiger partial charge < -0.3 is 10.5 Å². The van der Waals surface area contributed by atoms with E-state index in [-0.39, 0.29) is 5.54 Å². The lowest BCUT2D eigenvalue weighted by Gasteiger charge is -2.46. The van der Waals surface area contributed by atoms with Gasteiger partial charge in [-0.2, -0.15) is 0 Å². The van der Waals surface area contributed by atoms with Crippen LogP contribution in [0.3, 0.4) is 0 Å². The SMILES string of the molecule is CCCCC(CC)(CN)N(CCOC)C(C)CC. The van der Waals surface area contributed by atoms with Gasteiger partial charge in [-0.1, -0.05) is 33.6 Å². The lowest BCUT2D eigenvalue weighted by atomic mass is 9.86. The Morgan fingerprint density at radius 2 is 1.94 bits per heavy atom. The lowest BCUT2D eigenvalue weighted by Crippen LogP contribution is -2.57. The summed E-state index contributed by atoms with van der Waals surface area (Å²) in [4.78, 5) is 2.59. The summed E-state index contributed by atoms with van der Waals surface area (Å²) in [6.07, 6.45) is 5.98. The zero-order valence-electron chi connectivity index (χ0n) is 13.2. The second kappa shape index (κ2) is 9.76. The summed E-state index contributed by atoms with van der Waals surface area (Å²) in [5.41, 5.74) is 6.30. The highest BCUT2D eigenvalue weighted by Gasteiger charge is 2.35. The van der Waals surface area contributed by atoms with Crippen LogP contribution in [0.15, 0.2) is 0 Å². The average Bonchev–Trinajstić information content (AvgIpc) is 2.42. The van der Waals surface area contributed by atoms with Gasteiger partial charge in [-0.3, -0.25) is 4.90 Å². The van der Waals surface area contributed by atoms with E-state index in [1.54, 1.807) is 7.11 Å². The van der Waals surface area contributed by atoms with Crippen molar-refractivity contribution in [3.63, 3.8) is 0 Å². The van der Waals surface area contributed by atoms with Gasteiger partial charge >= 0.3 is 0 Å². The maximum Gasteiger partial charge on any atom is 0.0590 e. The Labute approximate surface area is 114 Å². The summed E-state index contributed by atoms with van der Waals surface area (Å²) in [5.74, 6) is 0. The molecule has 3 nitrogen and oxygen atoms in total. The number of nitrogens with two attached hydrogens (primary N) is 1. The fourth-order valence-corrected chi connectivity index (χ4v) is 2.73. The molecule has 0 spiro atoms. The zero-order valence-corrected chi connectivity index (χ0v) is 13.2. The van der Waals surface area contributed by atoms with Gasteiger partial charge in [0.05, 0.1) is 6.61 Å². The molecule has 3 heteroatoms. The second-order valence-electron chi connectivity index (χ2n) is 5.33. The maximum absolute atomic E-state index is 6.14. The van der Waals surface area contributed by atoms with Crippen molar-refractivity contribution in [1.29, 1.82) is 0 Å². The molecule has 0 aromatic heterocycles. The first-order valence-electron chi connectivity index (χ1n) is 7.57. The second-order valence-corrected chi connectivity index (χ2v) is 5.33. The van der Waals surface area contributed by atoms with E-state index < -0.39 is 0 Å². The Morgan fingerprint density at radius 1 is 1.28 bits per heavy atom. The highest BCUT2D eigenvalue weighted by atomic mass is 16.5. The van der Waals surface area contributed by atoms with Gasteiger partial charge in [0, 0.05) is 31.8 Å². The summed E-state index contributed by atoms with van der Waals surface area (Å²) in [6.45, 7) is 11.6. The molecule has 2 N–H and O–H groups in total. The van der Waals surface area contributed by atoms with Crippen LogP contribution in [-0.4, -0.2) is 43.3 Å². The van der Waals surface area contributed by atoms with Crippen LogP contribution in [0.4, 0.5) is 0 Å². The molecule has 0 saturated heterocycles. The molecule has 0 aromatic carbocycles. The van der Waals surface area contributed by atoms with E-state index in [1.165, 1.54) is 19.3 Å². The van der Waals surface area contributed by atoms with Gasteiger partial charge in [0.25, 0.3) is 0 Å².